The van der Waals surface area contributed by atoms with E-state index in [0.717, 1.165) is 0 Å². The van der Waals surface area contributed by atoms with E-state index < -0.39 is 22.3 Å². The molecule has 3 N–H and O–H groups in total. The maximum absolute atomic E-state index is 11.5. The van der Waals surface area contributed by atoms with Crippen LogP contribution in [-0.4, -0.2) is 48.5 Å². The zero-order valence-electron chi connectivity index (χ0n) is 13.0. The first-order valence-electron chi connectivity index (χ1n) is 7.30. The zero-order chi connectivity index (χ0) is 17.2. The molecule has 6 nitrogen and oxygen atoms in total. The second-order valence-electron chi connectivity index (χ2n) is 5.71. The third-order valence-electron chi connectivity index (χ3n) is 3.45. The van der Waals surface area contributed by atoms with Crippen LogP contribution in [0.2, 0.25) is 0 Å². The van der Waals surface area contributed by atoms with Crippen molar-refractivity contribution in [3.8, 4) is 0 Å². The van der Waals surface area contributed by atoms with Crippen LogP contribution >= 0.6 is 0 Å². The summed E-state index contributed by atoms with van der Waals surface area (Å²) in [7, 11) is -4.34. The number of hydrogen-bond acceptors (Lipinski definition) is 5. The van der Waals surface area contributed by atoms with Crippen molar-refractivity contribution < 1.29 is 23.2 Å². The van der Waals surface area contributed by atoms with Crippen LogP contribution in [0.5, 0.6) is 0 Å². The summed E-state index contributed by atoms with van der Waals surface area (Å²) in [6.07, 6.45) is -1.23. The molecule has 0 bridgehead atoms. The van der Waals surface area contributed by atoms with Gasteiger partial charge in [0.2, 0.25) is 0 Å². The van der Waals surface area contributed by atoms with Gasteiger partial charge in [-0.2, -0.15) is 8.42 Å². The molecule has 2 unspecified atom stereocenters. The third kappa shape index (κ3) is 4.20. The highest BCUT2D eigenvalue weighted by molar-refractivity contribution is 7.86. The second kappa shape index (κ2) is 6.84. The van der Waals surface area contributed by atoms with E-state index in [1.54, 1.807) is 49.1 Å². The Hall–Kier alpha value is -1.67. The third-order valence-corrected chi connectivity index (χ3v) is 4.36. The number of nitrogens with zero attached hydrogens (tertiary/aromatic N) is 1. The summed E-state index contributed by atoms with van der Waals surface area (Å²) >= 11 is 0. The molecule has 23 heavy (non-hydrogen) atoms. The van der Waals surface area contributed by atoms with Crippen molar-refractivity contribution >= 4 is 26.6 Å². The van der Waals surface area contributed by atoms with Crippen LogP contribution in [0.3, 0.4) is 0 Å². The van der Waals surface area contributed by atoms with Gasteiger partial charge < -0.3 is 15.1 Å². The number of benzene rings is 2. The number of fused-ring (bicyclic) bond motifs is 1. The van der Waals surface area contributed by atoms with Gasteiger partial charge in [0, 0.05) is 29.5 Å². The van der Waals surface area contributed by atoms with E-state index in [2.05, 4.69) is 0 Å². The second-order valence-corrected chi connectivity index (χ2v) is 7.10. The standard InChI is InChI=1S/C16H21NO5S/c1-11(18)9-17(10-12(2)19)15-7-8-16(23(20,21)22)14-6-4-3-5-13(14)15/h3-8,11-12,18-19H,9-10H2,1-2H3,(H,20,21,22). The van der Waals surface area contributed by atoms with Crippen molar-refractivity contribution in [2.75, 3.05) is 18.0 Å². The lowest BCUT2D eigenvalue weighted by atomic mass is 10.1. The maximum Gasteiger partial charge on any atom is 0.295 e. The largest absolute Gasteiger partial charge is 0.392 e. The average molecular weight is 339 g/mol. The lowest BCUT2D eigenvalue weighted by Crippen LogP contribution is -2.36. The summed E-state index contributed by atoms with van der Waals surface area (Å²) in [5.74, 6) is 0. The molecule has 0 radical (unpaired) electrons. The molecule has 2 atom stereocenters. The molecule has 0 aliphatic carbocycles. The van der Waals surface area contributed by atoms with Crippen LogP contribution in [0.15, 0.2) is 41.3 Å². The highest BCUT2D eigenvalue weighted by Crippen LogP contribution is 2.32. The van der Waals surface area contributed by atoms with E-state index in [1.807, 2.05) is 0 Å². The topological polar surface area (TPSA) is 98.1 Å². The van der Waals surface area contributed by atoms with E-state index in [4.69, 9.17) is 0 Å². The van der Waals surface area contributed by atoms with Gasteiger partial charge in [-0.3, -0.25) is 4.55 Å². The Morgan fingerprint density at radius 2 is 1.48 bits per heavy atom. The van der Waals surface area contributed by atoms with E-state index >= 15 is 0 Å². The van der Waals surface area contributed by atoms with Crippen LogP contribution in [0.1, 0.15) is 13.8 Å². The normalized spacial score (nSPS) is 14.7. The first-order valence-corrected chi connectivity index (χ1v) is 8.74. The Balaban J connectivity index is 2.65. The highest BCUT2D eigenvalue weighted by atomic mass is 32.2. The molecular formula is C16H21NO5S. The Kier molecular flexibility index (Phi) is 5.26. The van der Waals surface area contributed by atoms with E-state index in [1.165, 1.54) is 6.07 Å². The fourth-order valence-corrected chi connectivity index (χ4v) is 3.36. The van der Waals surface area contributed by atoms with Crippen LogP contribution in [0, 0.1) is 0 Å². The van der Waals surface area contributed by atoms with Crippen molar-refractivity contribution in [1.29, 1.82) is 0 Å². The summed E-state index contributed by atoms with van der Waals surface area (Å²) in [6, 6.07) is 9.73. The van der Waals surface area contributed by atoms with Gasteiger partial charge in [-0.1, -0.05) is 24.3 Å². The lowest BCUT2D eigenvalue weighted by molar-refractivity contribution is 0.178. The molecule has 0 spiro atoms. The summed E-state index contributed by atoms with van der Waals surface area (Å²) in [5, 5.41) is 20.4. The Morgan fingerprint density at radius 1 is 0.957 bits per heavy atom. The molecule has 0 saturated carbocycles. The molecule has 0 saturated heterocycles. The van der Waals surface area contributed by atoms with E-state index in [-0.39, 0.29) is 4.90 Å². The quantitative estimate of drug-likeness (QED) is 0.692. The number of anilines is 1. The van der Waals surface area contributed by atoms with Gasteiger partial charge >= 0.3 is 0 Å². The number of aliphatic hydroxyl groups excluding tert-OH is 2. The molecule has 2 aromatic carbocycles. The van der Waals surface area contributed by atoms with Crippen LogP contribution in [0.25, 0.3) is 10.8 Å². The van der Waals surface area contributed by atoms with E-state index in [9.17, 15) is 23.2 Å². The molecule has 0 heterocycles. The lowest BCUT2D eigenvalue weighted by Gasteiger charge is -2.29. The van der Waals surface area contributed by atoms with Gasteiger partial charge in [0.25, 0.3) is 10.1 Å². The minimum absolute atomic E-state index is 0.161. The smallest absolute Gasteiger partial charge is 0.295 e. The van der Waals surface area contributed by atoms with Crippen LogP contribution < -0.4 is 4.90 Å². The van der Waals surface area contributed by atoms with Crippen molar-refractivity contribution in [1.82, 2.24) is 0 Å². The molecular weight excluding hydrogens is 318 g/mol. The number of hydrogen-bond donors (Lipinski definition) is 3. The van der Waals surface area contributed by atoms with Crippen molar-refractivity contribution in [3.05, 3.63) is 36.4 Å². The SMILES string of the molecule is CC(O)CN(CC(C)O)c1ccc(S(=O)(=O)O)c2ccccc12. The minimum atomic E-state index is -4.34. The maximum atomic E-state index is 11.5. The molecule has 0 amide bonds. The predicted octanol–water partition coefficient (Wildman–Crippen LogP) is 1.65. The van der Waals surface area contributed by atoms with Crippen molar-refractivity contribution in [2.45, 2.75) is 31.0 Å². The minimum Gasteiger partial charge on any atom is -0.392 e. The zero-order valence-corrected chi connectivity index (χ0v) is 13.9. The number of aliphatic hydroxyl groups is 2. The monoisotopic (exact) mass is 339 g/mol. The summed E-state index contributed by atoms with van der Waals surface area (Å²) in [5.41, 5.74) is 0.690. The summed E-state index contributed by atoms with van der Waals surface area (Å²) in [4.78, 5) is 1.64. The fraction of sp³-hybridized carbons (Fsp3) is 0.375. The summed E-state index contributed by atoms with van der Waals surface area (Å²) in [6.45, 7) is 3.87. The summed E-state index contributed by atoms with van der Waals surface area (Å²) < 4.78 is 32.5. The van der Waals surface area contributed by atoms with Crippen LogP contribution in [0.4, 0.5) is 5.69 Å². The van der Waals surface area contributed by atoms with Gasteiger partial charge in [0.1, 0.15) is 4.90 Å². The molecule has 2 rings (SSSR count). The molecule has 7 heteroatoms. The Bertz CT molecular complexity index is 776. The number of rotatable bonds is 6. The predicted molar refractivity (Wildman–Crippen MR) is 89.3 cm³/mol. The molecule has 2 aromatic rings. The first-order chi connectivity index (χ1) is 10.7. The van der Waals surface area contributed by atoms with Gasteiger partial charge in [0.05, 0.1) is 12.2 Å². The first kappa shape index (κ1) is 17.7. The highest BCUT2D eigenvalue weighted by Gasteiger charge is 2.19. The van der Waals surface area contributed by atoms with Crippen molar-refractivity contribution in [2.24, 2.45) is 0 Å². The van der Waals surface area contributed by atoms with Crippen LogP contribution in [-0.2, 0) is 10.1 Å². The van der Waals surface area contributed by atoms with E-state index in [0.29, 0.717) is 29.5 Å². The Labute approximate surface area is 135 Å². The molecule has 0 aliphatic heterocycles. The van der Waals surface area contributed by atoms with Gasteiger partial charge in [-0.15, -0.1) is 0 Å². The molecule has 0 fully saturated rings. The fourth-order valence-electron chi connectivity index (χ4n) is 2.67. The van der Waals surface area contributed by atoms with Gasteiger partial charge in [0.15, 0.2) is 0 Å². The van der Waals surface area contributed by atoms with Gasteiger partial charge in [-0.25, -0.2) is 0 Å². The van der Waals surface area contributed by atoms with Crippen molar-refractivity contribution in [3.63, 3.8) is 0 Å². The molecule has 0 aliphatic rings. The van der Waals surface area contributed by atoms with Gasteiger partial charge in [-0.05, 0) is 26.0 Å². The molecule has 126 valence electrons. The molecule has 0 aromatic heterocycles. The average Bonchev–Trinajstić information content (AvgIpc) is 2.43. The Morgan fingerprint density at radius 3 is 1.96 bits per heavy atom.